The summed E-state index contributed by atoms with van der Waals surface area (Å²) in [7, 11) is 0. The summed E-state index contributed by atoms with van der Waals surface area (Å²) in [5, 5.41) is 0.443. The molecule has 10 heavy (non-hydrogen) atoms. The van der Waals surface area contributed by atoms with E-state index in [-0.39, 0.29) is 5.76 Å². The summed E-state index contributed by atoms with van der Waals surface area (Å²) in [4.78, 5) is 10.5. The maximum Gasteiger partial charge on any atom is 0.285 e. The van der Waals surface area contributed by atoms with E-state index in [0.29, 0.717) is 18.1 Å². The van der Waals surface area contributed by atoms with Crippen molar-refractivity contribution in [3.8, 4) is 0 Å². The zero-order chi connectivity index (χ0) is 7.56. The number of hydrogen-bond acceptors (Lipinski definition) is 2. The average Bonchev–Trinajstić information content (AvgIpc) is 1.88. The predicted molar refractivity (Wildman–Crippen MR) is 37.3 cm³/mol. The lowest BCUT2D eigenvalue weighted by Crippen LogP contribution is -2.20. The standard InChI is InChI=1S/C6H8ClNO2/c7-4-2-1-3-10-5(4)6(8)9/h1-3H2,(H2,8,9). The number of ether oxygens (including phenoxy) is 1. The molecule has 0 aromatic carbocycles. The highest BCUT2D eigenvalue weighted by molar-refractivity contribution is 6.31. The molecule has 0 fully saturated rings. The van der Waals surface area contributed by atoms with Crippen molar-refractivity contribution in [1.29, 1.82) is 0 Å². The average molecular weight is 162 g/mol. The minimum Gasteiger partial charge on any atom is -0.487 e. The highest BCUT2D eigenvalue weighted by atomic mass is 35.5. The first-order valence-electron chi connectivity index (χ1n) is 3.03. The quantitative estimate of drug-likeness (QED) is 0.617. The molecule has 0 spiro atoms. The first kappa shape index (κ1) is 7.41. The smallest absolute Gasteiger partial charge is 0.285 e. The molecule has 56 valence electrons. The summed E-state index contributed by atoms with van der Waals surface area (Å²) in [6.45, 7) is 0.536. The van der Waals surface area contributed by atoms with Gasteiger partial charge in [-0.2, -0.15) is 0 Å². The molecule has 4 heteroatoms. The lowest BCUT2D eigenvalue weighted by atomic mass is 10.2. The summed E-state index contributed by atoms with van der Waals surface area (Å²) < 4.78 is 4.92. The molecule has 1 amide bonds. The van der Waals surface area contributed by atoms with Crippen LogP contribution in [0.4, 0.5) is 0 Å². The van der Waals surface area contributed by atoms with Crippen LogP contribution in [-0.2, 0) is 9.53 Å². The maximum atomic E-state index is 10.5. The van der Waals surface area contributed by atoms with E-state index < -0.39 is 5.91 Å². The summed E-state index contributed by atoms with van der Waals surface area (Å²) >= 11 is 5.63. The molecule has 1 aliphatic rings. The van der Waals surface area contributed by atoms with Crippen LogP contribution in [-0.4, -0.2) is 12.5 Å². The molecular weight excluding hydrogens is 154 g/mol. The van der Waals surface area contributed by atoms with Crippen LogP contribution in [0.2, 0.25) is 0 Å². The summed E-state index contributed by atoms with van der Waals surface area (Å²) in [6.07, 6.45) is 1.55. The number of primary amides is 1. The molecule has 0 aromatic heterocycles. The lowest BCUT2D eigenvalue weighted by molar-refractivity contribution is -0.118. The Labute approximate surface area is 63.8 Å². The van der Waals surface area contributed by atoms with Gasteiger partial charge in [0.05, 0.1) is 11.6 Å². The van der Waals surface area contributed by atoms with Crippen LogP contribution < -0.4 is 5.73 Å². The Morgan fingerprint density at radius 3 is 2.80 bits per heavy atom. The van der Waals surface area contributed by atoms with Gasteiger partial charge in [-0.15, -0.1) is 0 Å². The Hall–Kier alpha value is -0.700. The molecule has 0 aromatic rings. The Bertz CT molecular complexity index is 188. The van der Waals surface area contributed by atoms with E-state index in [9.17, 15) is 4.79 Å². The second kappa shape index (κ2) is 2.92. The summed E-state index contributed by atoms with van der Waals surface area (Å²) in [5.74, 6) is -0.447. The number of allylic oxidation sites excluding steroid dienone is 1. The third kappa shape index (κ3) is 1.42. The molecule has 1 aliphatic heterocycles. The van der Waals surface area contributed by atoms with E-state index in [1.165, 1.54) is 0 Å². The molecule has 1 heterocycles. The van der Waals surface area contributed by atoms with Crippen molar-refractivity contribution in [2.45, 2.75) is 12.8 Å². The van der Waals surface area contributed by atoms with Gasteiger partial charge in [0.15, 0.2) is 5.76 Å². The molecule has 0 saturated heterocycles. The highest BCUT2D eigenvalue weighted by Gasteiger charge is 2.16. The Morgan fingerprint density at radius 1 is 1.70 bits per heavy atom. The Balaban J connectivity index is 2.78. The van der Waals surface area contributed by atoms with E-state index in [1.54, 1.807) is 0 Å². The number of hydrogen-bond donors (Lipinski definition) is 1. The van der Waals surface area contributed by atoms with Crippen LogP contribution in [0, 0.1) is 0 Å². The van der Waals surface area contributed by atoms with Gasteiger partial charge in [-0.3, -0.25) is 4.79 Å². The Kier molecular flexibility index (Phi) is 2.17. The summed E-state index contributed by atoms with van der Waals surface area (Å²) in [5.41, 5.74) is 4.95. The zero-order valence-corrected chi connectivity index (χ0v) is 6.15. The van der Waals surface area contributed by atoms with Gasteiger partial charge < -0.3 is 10.5 Å². The van der Waals surface area contributed by atoms with Crippen molar-refractivity contribution in [1.82, 2.24) is 0 Å². The second-order valence-corrected chi connectivity index (χ2v) is 2.51. The van der Waals surface area contributed by atoms with Gasteiger partial charge in [0.2, 0.25) is 0 Å². The first-order valence-corrected chi connectivity index (χ1v) is 3.41. The minimum absolute atomic E-state index is 0.132. The fourth-order valence-corrected chi connectivity index (χ4v) is 1.08. The van der Waals surface area contributed by atoms with Crippen molar-refractivity contribution in [3.63, 3.8) is 0 Å². The number of nitrogens with two attached hydrogens (primary N) is 1. The molecule has 0 aliphatic carbocycles. The largest absolute Gasteiger partial charge is 0.487 e. The minimum atomic E-state index is -0.579. The van der Waals surface area contributed by atoms with Crippen molar-refractivity contribution < 1.29 is 9.53 Å². The number of halogens is 1. The van der Waals surface area contributed by atoms with Gasteiger partial charge in [-0.25, -0.2) is 0 Å². The van der Waals surface area contributed by atoms with Gasteiger partial charge >= 0.3 is 0 Å². The van der Waals surface area contributed by atoms with Crippen LogP contribution in [0.5, 0.6) is 0 Å². The molecule has 0 atom stereocenters. The van der Waals surface area contributed by atoms with Crippen LogP contribution in [0.25, 0.3) is 0 Å². The van der Waals surface area contributed by atoms with Crippen LogP contribution in [0.3, 0.4) is 0 Å². The summed E-state index contributed by atoms with van der Waals surface area (Å²) in [6, 6.07) is 0. The molecular formula is C6H8ClNO2. The molecule has 0 bridgehead atoms. The van der Waals surface area contributed by atoms with E-state index in [4.69, 9.17) is 22.1 Å². The molecule has 0 radical (unpaired) electrons. The van der Waals surface area contributed by atoms with Crippen molar-refractivity contribution in [2.24, 2.45) is 5.73 Å². The van der Waals surface area contributed by atoms with E-state index in [2.05, 4.69) is 0 Å². The molecule has 1 rings (SSSR count). The SMILES string of the molecule is NC(=O)C1=C(Cl)CCCO1. The zero-order valence-electron chi connectivity index (χ0n) is 5.39. The van der Waals surface area contributed by atoms with Gasteiger partial charge in [-0.05, 0) is 12.8 Å². The fourth-order valence-electron chi connectivity index (χ4n) is 0.798. The van der Waals surface area contributed by atoms with Gasteiger partial charge in [0.25, 0.3) is 5.91 Å². The van der Waals surface area contributed by atoms with Crippen molar-refractivity contribution >= 4 is 17.5 Å². The number of carbonyl (C=O) groups is 1. The van der Waals surface area contributed by atoms with E-state index in [1.807, 2.05) is 0 Å². The van der Waals surface area contributed by atoms with Crippen molar-refractivity contribution in [2.75, 3.05) is 6.61 Å². The van der Waals surface area contributed by atoms with E-state index >= 15 is 0 Å². The normalized spacial score (nSPS) is 18.5. The lowest BCUT2D eigenvalue weighted by Gasteiger charge is -2.14. The highest BCUT2D eigenvalue weighted by Crippen LogP contribution is 2.21. The van der Waals surface area contributed by atoms with Crippen LogP contribution >= 0.6 is 11.6 Å². The molecule has 0 unspecified atom stereocenters. The van der Waals surface area contributed by atoms with Crippen LogP contribution in [0.1, 0.15) is 12.8 Å². The number of amides is 1. The topological polar surface area (TPSA) is 52.3 Å². The Morgan fingerprint density at radius 2 is 2.40 bits per heavy atom. The van der Waals surface area contributed by atoms with Gasteiger partial charge in [0.1, 0.15) is 0 Å². The molecule has 3 nitrogen and oxygen atoms in total. The van der Waals surface area contributed by atoms with Gasteiger partial charge in [0, 0.05) is 0 Å². The second-order valence-electron chi connectivity index (χ2n) is 2.05. The molecule has 0 saturated carbocycles. The first-order chi connectivity index (χ1) is 4.72. The van der Waals surface area contributed by atoms with Gasteiger partial charge in [-0.1, -0.05) is 11.6 Å². The number of carbonyl (C=O) groups excluding carboxylic acids is 1. The maximum absolute atomic E-state index is 10.5. The predicted octanol–water partition coefficient (Wildman–Crippen LogP) is 0.733. The van der Waals surface area contributed by atoms with Crippen molar-refractivity contribution in [3.05, 3.63) is 10.8 Å². The van der Waals surface area contributed by atoms with Crippen LogP contribution in [0.15, 0.2) is 10.8 Å². The number of rotatable bonds is 1. The monoisotopic (exact) mass is 161 g/mol. The fraction of sp³-hybridized carbons (Fsp3) is 0.500. The molecule has 2 N–H and O–H groups in total. The third-order valence-corrected chi connectivity index (χ3v) is 1.62. The van der Waals surface area contributed by atoms with E-state index in [0.717, 1.165) is 6.42 Å². The third-order valence-electron chi connectivity index (χ3n) is 1.26.